The molecule has 0 bridgehead atoms. The van der Waals surface area contributed by atoms with Gasteiger partial charge in [-0.25, -0.2) is 0 Å². The van der Waals surface area contributed by atoms with Crippen molar-refractivity contribution in [3.8, 4) is 5.88 Å². The minimum atomic E-state index is -0.318. The van der Waals surface area contributed by atoms with Crippen molar-refractivity contribution in [2.24, 2.45) is 0 Å². The molecule has 0 unspecified atom stereocenters. The fraction of sp³-hybridized carbons (Fsp3) is 0.429. The summed E-state index contributed by atoms with van der Waals surface area (Å²) in [4.78, 5) is 17.1. The predicted molar refractivity (Wildman–Crippen MR) is 47.5 cm³/mol. The van der Waals surface area contributed by atoms with Gasteiger partial charge in [0, 0.05) is 5.75 Å². The second kappa shape index (κ2) is 4.15. The van der Waals surface area contributed by atoms with Gasteiger partial charge in [0.2, 0.25) is 5.88 Å². The molecular formula is C7H10N2O2S. The third-order valence-corrected chi connectivity index (χ3v) is 2.23. The minimum Gasteiger partial charge on any atom is -0.493 e. The first kappa shape index (κ1) is 9.12. The normalized spacial score (nSPS) is 10.1. The predicted octanol–water partition coefficient (Wildman–Crippen LogP) is 0.978. The van der Waals surface area contributed by atoms with Crippen molar-refractivity contribution in [2.75, 3.05) is 5.75 Å². The van der Waals surface area contributed by atoms with Gasteiger partial charge in [0.05, 0.1) is 6.07 Å². The number of thioether (sulfide) groups is 1. The van der Waals surface area contributed by atoms with Crippen LogP contribution in [0.15, 0.2) is 16.0 Å². The molecule has 0 spiro atoms. The molecule has 1 rings (SSSR count). The number of H-pyrrole nitrogens is 1. The zero-order valence-electron chi connectivity index (χ0n) is 6.70. The van der Waals surface area contributed by atoms with Gasteiger partial charge in [-0.15, -0.1) is 0 Å². The van der Waals surface area contributed by atoms with Crippen LogP contribution in [-0.4, -0.2) is 20.8 Å². The summed E-state index contributed by atoms with van der Waals surface area (Å²) in [5.74, 6) is 0.657. The maximum Gasteiger partial charge on any atom is 0.255 e. The largest absolute Gasteiger partial charge is 0.493 e. The number of rotatable bonds is 3. The molecule has 1 aromatic rings. The van der Waals surface area contributed by atoms with E-state index in [0.29, 0.717) is 5.16 Å². The van der Waals surface area contributed by atoms with Crippen molar-refractivity contribution in [1.29, 1.82) is 0 Å². The SMILES string of the molecule is CCCSc1nc(O)cc(=O)[nH]1. The molecule has 0 aliphatic heterocycles. The lowest BCUT2D eigenvalue weighted by Crippen LogP contribution is -2.06. The highest BCUT2D eigenvalue weighted by molar-refractivity contribution is 7.99. The molecule has 0 saturated carbocycles. The van der Waals surface area contributed by atoms with Crippen LogP contribution in [0.4, 0.5) is 0 Å². The molecule has 0 atom stereocenters. The molecule has 0 aromatic carbocycles. The van der Waals surface area contributed by atoms with Crippen LogP contribution in [0.25, 0.3) is 0 Å². The summed E-state index contributed by atoms with van der Waals surface area (Å²) in [6.07, 6.45) is 1.00. The van der Waals surface area contributed by atoms with E-state index in [1.54, 1.807) is 0 Å². The van der Waals surface area contributed by atoms with Gasteiger partial charge in [-0.05, 0) is 6.42 Å². The Morgan fingerprint density at radius 1 is 1.75 bits per heavy atom. The molecule has 0 aliphatic rings. The number of aromatic nitrogens is 2. The smallest absolute Gasteiger partial charge is 0.255 e. The van der Waals surface area contributed by atoms with Crippen molar-refractivity contribution in [2.45, 2.75) is 18.5 Å². The molecule has 4 nitrogen and oxygen atoms in total. The van der Waals surface area contributed by atoms with Gasteiger partial charge in [0.25, 0.3) is 5.56 Å². The number of hydrogen-bond acceptors (Lipinski definition) is 4. The van der Waals surface area contributed by atoms with Gasteiger partial charge >= 0.3 is 0 Å². The molecule has 0 fully saturated rings. The average Bonchev–Trinajstić information content (AvgIpc) is 1.99. The number of aromatic hydroxyl groups is 1. The first-order valence-corrected chi connectivity index (χ1v) is 4.64. The molecule has 1 aromatic heterocycles. The molecule has 5 heteroatoms. The van der Waals surface area contributed by atoms with Crippen LogP contribution in [0.3, 0.4) is 0 Å². The Morgan fingerprint density at radius 3 is 3.08 bits per heavy atom. The first-order chi connectivity index (χ1) is 5.72. The van der Waals surface area contributed by atoms with Crippen molar-refractivity contribution in [3.63, 3.8) is 0 Å². The van der Waals surface area contributed by atoms with Crippen LogP contribution in [0.5, 0.6) is 5.88 Å². The molecule has 66 valence electrons. The van der Waals surface area contributed by atoms with E-state index < -0.39 is 0 Å². The molecule has 0 aliphatic carbocycles. The highest BCUT2D eigenvalue weighted by atomic mass is 32.2. The Balaban J connectivity index is 2.79. The molecule has 12 heavy (non-hydrogen) atoms. The number of aromatic amines is 1. The lowest BCUT2D eigenvalue weighted by molar-refractivity contribution is 0.444. The minimum absolute atomic E-state index is 0.225. The van der Waals surface area contributed by atoms with Gasteiger partial charge in [-0.1, -0.05) is 18.7 Å². The van der Waals surface area contributed by atoms with Gasteiger partial charge in [-0.3, -0.25) is 4.79 Å². The van der Waals surface area contributed by atoms with Crippen LogP contribution in [-0.2, 0) is 0 Å². The maximum atomic E-state index is 10.8. The van der Waals surface area contributed by atoms with E-state index in [9.17, 15) is 4.79 Å². The second-order valence-corrected chi connectivity index (χ2v) is 3.34. The topological polar surface area (TPSA) is 66.0 Å². The first-order valence-electron chi connectivity index (χ1n) is 3.65. The van der Waals surface area contributed by atoms with Gasteiger partial charge < -0.3 is 10.1 Å². The summed E-state index contributed by atoms with van der Waals surface area (Å²) in [6, 6.07) is 1.05. The van der Waals surface area contributed by atoms with Crippen LogP contribution in [0.1, 0.15) is 13.3 Å². The van der Waals surface area contributed by atoms with Gasteiger partial charge in [0.1, 0.15) is 0 Å². The fourth-order valence-electron chi connectivity index (χ4n) is 0.690. The van der Waals surface area contributed by atoms with E-state index in [4.69, 9.17) is 5.11 Å². The Kier molecular flexibility index (Phi) is 3.16. The van der Waals surface area contributed by atoms with E-state index in [2.05, 4.69) is 9.97 Å². The third-order valence-electron chi connectivity index (χ3n) is 1.15. The lowest BCUT2D eigenvalue weighted by Gasteiger charge is -1.97. The average molecular weight is 186 g/mol. The molecule has 0 radical (unpaired) electrons. The van der Waals surface area contributed by atoms with E-state index in [1.807, 2.05) is 6.92 Å². The Bertz CT molecular complexity index is 311. The summed E-state index contributed by atoms with van der Waals surface area (Å²) in [6.45, 7) is 2.04. The molecular weight excluding hydrogens is 176 g/mol. The Hall–Kier alpha value is -0.970. The Morgan fingerprint density at radius 2 is 2.50 bits per heavy atom. The van der Waals surface area contributed by atoms with Crippen molar-refractivity contribution in [3.05, 3.63) is 16.4 Å². The quantitative estimate of drug-likeness (QED) is 0.545. The highest BCUT2D eigenvalue weighted by Crippen LogP contribution is 2.13. The van der Waals surface area contributed by atoms with Crippen LogP contribution >= 0.6 is 11.8 Å². The second-order valence-electron chi connectivity index (χ2n) is 2.26. The summed E-state index contributed by atoms with van der Waals surface area (Å²) >= 11 is 1.42. The summed E-state index contributed by atoms with van der Waals surface area (Å²) in [7, 11) is 0. The van der Waals surface area contributed by atoms with Crippen LogP contribution in [0.2, 0.25) is 0 Å². The van der Waals surface area contributed by atoms with E-state index in [-0.39, 0.29) is 11.4 Å². The van der Waals surface area contributed by atoms with Crippen LogP contribution in [0, 0.1) is 0 Å². The number of nitrogens with zero attached hydrogens (tertiary/aromatic N) is 1. The summed E-state index contributed by atoms with van der Waals surface area (Å²) in [5, 5.41) is 9.42. The fourth-order valence-corrected chi connectivity index (χ4v) is 1.42. The van der Waals surface area contributed by atoms with E-state index in [1.165, 1.54) is 11.8 Å². The molecule has 0 amide bonds. The van der Waals surface area contributed by atoms with E-state index in [0.717, 1.165) is 18.2 Å². The lowest BCUT2D eigenvalue weighted by atomic mass is 10.6. The molecule has 2 N–H and O–H groups in total. The van der Waals surface area contributed by atoms with Gasteiger partial charge in [-0.2, -0.15) is 4.98 Å². The molecule has 1 heterocycles. The van der Waals surface area contributed by atoms with E-state index >= 15 is 0 Å². The molecule has 0 saturated heterocycles. The number of nitrogens with one attached hydrogen (secondary N) is 1. The van der Waals surface area contributed by atoms with Crippen molar-refractivity contribution < 1.29 is 5.11 Å². The van der Waals surface area contributed by atoms with Crippen LogP contribution < -0.4 is 5.56 Å². The monoisotopic (exact) mass is 186 g/mol. The number of hydrogen-bond donors (Lipinski definition) is 2. The maximum absolute atomic E-state index is 10.8. The third kappa shape index (κ3) is 2.58. The van der Waals surface area contributed by atoms with Crippen molar-refractivity contribution in [1.82, 2.24) is 9.97 Å². The standard InChI is InChI=1S/C7H10N2O2S/c1-2-3-12-7-8-5(10)4-6(11)9-7/h4H,2-3H2,1H3,(H2,8,9,10,11). The zero-order valence-corrected chi connectivity index (χ0v) is 7.52. The summed E-state index contributed by atoms with van der Waals surface area (Å²) < 4.78 is 0. The summed E-state index contributed by atoms with van der Waals surface area (Å²) in [5.41, 5.74) is -0.318. The zero-order chi connectivity index (χ0) is 8.97. The Labute approximate surface area is 74.0 Å². The van der Waals surface area contributed by atoms with Gasteiger partial charge in [0.15, 0.2) is 5.16 Å². The highest BCUT2D eigenvalue weighted by Gasteiger charge is 1.98. The van der Waals surface area contributed by atoms with Crippen molar-refractivity contribution >= 4 is 11.8 Å².